The number of nitrogens with zero attached hydrogens (tertiary/aromatic N) is 2. The number of piperidine rings is 1. The molecule has 3 rings (SSSR count). The van der Waals surface area contributed by atoms with E-state index in [-0.39, 0.29) is 0 Å². The minimum atomic E-state index is 0.298. The maximum Gasteiger partial charge on any atom is 0.249 e. The summed E-state index contributed by atoms with van der Waals surface area (Å²) in [6, 6.07) is 8.72. The molecule has 0 spiro atoms. The third kappa shape index (κ3) is 4.97. The number of likely N-dealkylation sites (N-methyl/N-ethyl adjacent to an activating group) is 1. The summed E-state index contributed by atoms with van der Waals surface area (Å²) in [5.41, 5.74) is 3.94. The van der Waals surface area contributed by atoms with Crippen LogP contribution >= 0.6 is 0 Å². The Hall–Kier alpha value is -1.61. The third-order valence-corrected chi connectivity index (χ3v) is 6.13. The molecule has 142 valence electrons. The van der Waals surface area contributed by atoms with Crippen molar-refractivity contribution in [3.63, 3.8) is 0 Å². The molecule has 1 aromatic rings. The fraction of sp³-hybridized carbons (Fsp3) is 0.609. The van der Waals surface area contributed by atoms with Gasteiger partial charge in [0.2, 0.25) is 5.91 Å². The molecule has 1 heterocycles. The van der Waals surface area contributed by atoms with Crippen LogP contribution in [0.1, 0.15) is 50.2 Å². The molecule has 1 fully saturated rings. The average molecular weight is 355 g/mol. The van der Waals surface area contributed by atoms with E-state index in [9.17, 15) is 4.79 Å². The highest BCUT2D eigenvalue weighted by Gasteiger charge is 2.25. The number of amides is 1. The fourth-order valence-corrected chi connectivity index (χ4v) is 4.30. The number of hydrogen-bond acceptors (Lipinski definition) is 2. The molecule has 0 radical (unpaired) electrons. The van der Waals surface area contributed by atoms with Gasteiger partial charge in [0.05, 0.1) is 0 Å². The third-order valence-electron chi connectivity index (χ3n) is 6.13. The van der Waals surface area contributed by atoms with Crippen LogP contribution < -0.4 is 0 Å². The fourth-order valence-electron chi connectivity index (χ4n) is 4.30. The summed E-state index contributed by atoms with van der Waals surface area (Å²) < 4.78 is 0. The highest BCUT2D eigenvalue weighted by Crippen LogP contribution is 2.23. The highest BCUT2D eigenvalue weighted by atomic mass is 16.2. The second-order valence-electron chi connectivity index (χ2n) is 7.93. The van der Waals surface area contributed by atoms with Gasteiger partial charge in [-0.05, 0) is 82.5 Å². The van der Waals surface area contributed by atoms with Crippen LogP contribution in [0.25, 0.3) is 0 Å². The maximum absolute atomic E-state index is 12.7. The zero-order chi connectivity index (χ0) is 18.4. The van der Waals surface area contributed by atoms with Gasteiger partial charge in [-0.2, -0.15) is 0 Å². The Morgan fingerprint density at radius 2 is 2.00 bits per heavy atom. The summed E-state index contributed by atoms with van der Waals surface area (Å²) in [4.78, 5) is 17.3. The molecular weight excluding hydrogens is 320 g/mol. The Balaban J connectivity index is 1.43. The van der Waals surface area contributed by atoms with Crippen molar-refractivity contribution in [2.24, 2.45) is 5.92 Å². The molecule has 1 aliphatic carbocycles. The molecule has 1 amide bonds. The molecule has 3 heteroatoms. The van der Waals surface area contributed by atoms with Crippen LogP contribution in [0.2, 0.25) is 0 Å². The number of carbonyl (C=O) groups excluding carboxylic acids is 1. The zero-order valence-electron chi connectivity index (χ0n) is 16.5. The molecular formula is C23H34N2O. The van der Waals surface area contributed by atoms with E-state index in [4.69, 9.17) is 0 Å². The van der Waals surface area contributed by atoms with Crippen molar-refractivity contribution in [3.05, 3.63) is 47.0 Å². The summed E-state index contributed by atoms with van der Waals surface area (Å²) in [6.07, 6.45) is 8.94. The lowest BCUT2D eigenvalue weighted by atomic mass is 9.95. The average Bonchev–Trinajstić information content (AvgIpc) is 3.21. The minimum Gasteiger partial charge on any atom is -0.339 e. The molecule has 1 aromatic carbocycles. The molecule has 2 aliphatic rings. The number of allylic oxidation sites excluding steroid dienone is 1. The Morgan fingerprint density at radius 1 is 1.23 bits per heavy atom. The number of aryl methyl sites for hydroxylation is 1. The molecule has 3 nitrogen and oxygen atoms in total. The number of rotatable bonds is 7. The van der Waals surface area contributed by atoms with Crippen LogP contribution in [0.5, 0.6) is 0 Å². The van der Waals surface area contributed by atoms with E-state index in [1.807, 2.05) is 0 Å². The molecule has 0 N–H and O–H groups in total. The van der Waals surface area contributed by atoms with Gasteiger partial charge < -0.3 is 9.80 Å². The SMILES string of the molecule is CCN(CC1CCN(CCc2ccccc2C)CC1)C(=O)C1=CCCC1. The zero-order valence-corrected chi connectivity index (χ0v) is 16.5. The van der Waals surface area contributed by atoms with Crippen LogP contribution in [0.15, 0.2) is 35.9 Å². The van der Waals surface area contributed by atoms with E-state index >= 15 is 0 Å². The standard InChI is InChI=1S/C23H34N2O/c1-3-25(23(26)22-10-6-7-11-22)18-20-12-15-24(16-13-20)17-14-21-9-5-4-8-19(21)2/h4-5,8-10,20H,3,6-7,11-18H2,1-2H3. The van der Waals surface area contributed by atoms with Gasteiger partial charge in [0.1, 0.15) is 0 Å². The maximum atomic E-state index is 12.7. The van der Waals surface area contributed by atoms with E-state index in [1.165, 1.54) is 37.1 Å². The molecule has 1 aliphatic heterocycles. The van der Waals surface area contributed by atoms with Crippen LogP contribution in [-0.4, -0.2) is 48.4 Å². The summed E-state index contributed by atoms with van der Waals surface area (Å²) in [5, 5.41) is 0. The normalized spacial score (nSPS) is 18.8. The summed E-state index contributed by atoms with van der Waals surface area (Å²) in [5.74, 6) is 0.961. The molecule has 0 bridgehead atoms. The molecule has 0 unspecified atom stereocenters. The van der Waals surface area contributed by atoms with Gasteiger partial charge in [-0.1, -0.05) is 30.3 Å². The molecule has 0 saturated carbocycles. The predicted octanol–water partition coefficient (Wildman–Crippen LogP) is 4.21. The Bertz CT molecular complexity index is 629. The van der Waals surface area contributed by atoms with E-state index in [1.54, 1.807) is 0 Å². The Morgan fingerprint density at radius 3 is 2.65 bits per heavy atom. The minimum absolute atomic E-state index is 0.298. The molecule has 26 heavy (non-hydrogen) atoms. The van der Waals surface area contributed by atoms with E-state index in [0.717, 1.165) is 50.9 Å². The first kappa shape index (κ1) is 19.2. The largest absolute Gasteiger partial charge is 0.339 e. The van der Waals surface area contributed by atoms with Gasteiger partial charge in [0, 0.05) is 25.2 Å². The van der Waals surface area contributed by atoms with E-state index in [2.05, 4.69) is 54.0 Å². The van der Waals surface area contributed by atoms with Crippen molar-refractivity contribution < 1.29 is 4.79 Å². The predicted molar refractivity (Wildman–Crippen MR) is 108 cm³/mol. The summed E-state index contributed by atoms with van der Waals surface area (Å²) in [6.45, 7) is 9.60. The van der Waals surface area contributed by atoms with Gasteiger partial charge in [-0.15, -0.1) is 0 Å². The van der Waals surface area contributed by atoms with Crippen molar-refractivity contribution >= 4 is 5.91 Å². The summed E-state index contributed by atoms with van der Waals surface area (Å²) in [7, 11) is 0. The van der Waals surface area contributed by atoms with E-state index < -0.39 is 0 Å². The van der Waals surface area contributed by atoms with Crippen LogP contribution in [0.3, 0.4) is 0 Å². The number of likely N-dealkylation sites (tertiary alicyclic amines) is 1. The van der Waals surface area contributed by atoms with Crippen molar-refractivity contribution in [1.29, 1.82) is 0 Å². The molecule has 0 aromatic heterocycles. The van der Waals surface area contributed by atoms with Gasteiger partial charge >= 0.3 is 0 Å². The van der Waals surface area contributed by atoms with Crippen LogP contribution in [-0.2, 0) is 11.2 Å². The first-order chi connectivity index (χ1) is 12.7. The lowest BCUT2D eigenvalue weighted by molar-refractivity contribution is -0.127. The topological polar surface area (TPSA) is 23.6 Å². The van der Waals surface area contributed by atoms with Gasteiger partial charge in [-0.25, -0.2) is 0 Å². The van der Waals surface area contributed by atoms with Gasteiger partial charge in [0.15, 0.2) is 0 Å². The molecule has 1 saturated heterocycles. The smallest absolute Gasteiger partial charge is 0.249 e. The molecule has 0 atom stereocenters. The van der Waals surface area contributed by atoms with E-state index in [0.29, 0.717) is 11.8 Å². The number of hydrogen-bond donors (Lipinski definition) is 0. The second kappa shape index (κ2) is 9.36. The Kier molecular flexibility index (Phi) is 6.90. The van der Waals surface area contributed by atoms with Crippen LogP contribution in [0, 0.1) is 12.8 Å². The lowest BCUT2D eigenvalue weighted by Crippen LogP contribution is -2.41. The monoisotopic (exact) mass is 354 g/mol. The van der Waals surface area contributed by atoms with Crippen molar-refractivity contribution in [2.45, 2.75) is 52.4 Å². The lowest BCUT2D eigenvalue weighted by Gasteiger charge is -2.35. The van der Waals surface area contributed by atoms with Crippen LogP contribution in [0.4, 0.5) is 0 Å². The Labute approximate surface area is 159 Å². The van der Waals surface area contributed by atoms with Crippen molar-refractivity contribution in [2.75, 3.05) is 32.7 Å². The number of carbonyl (C=O) groups is 1. The van der Waals surface area contributed by atoms with Gasteiger partial charge in [0.25, 0.3) is 0 Å². The summed E-state index contributed by atoms with van der Waals surface area (Å²) >= 11 is 0. The van der Waals surface area contributed by atoms with Gasteiger partial charge in [-0.3, -0.25) is 4.79 Å². The first-order valence-electron chi connectivity index (χ1n) is 10.4. The van der Waals surface area contributed by atoms with Crippen molar-refractivity contribution in [3.8, 4) is 0 Å². The van der Waals surface area contributed by atoms with Crippen molar-refractivity contribution in [1.82, 2.24) is 9.80 Å². The number of benzene rings is 1. The quantitative estimate of drug-likeness (QED) is 0.732. The second-order valence-corrected chi connectivity index (χ2v) is 7.93. The first-order valence-corrected chi connectivity index (χ1v) is 10.4. The highest BCUT2D eigenvalue weighted by molar-refractivity contribution is 5.93.